The largest absolute Gasteiger partial charge is 0.480 e. The molecule has 2 atom stereocenters. The zero-order valence-corrected chi connectivity index (χ0v) is 12.7. The maximum Gasteiger partial charge on any atom is 0.405 e. The van der Waals surface area contributed by atoms with Crippen molar-refractivity contribution in [1.82, 2.24) is 10.2 Å². The van der Waals surface area contributed by atoms with Gasteiger partial charge in [0.15, 0.2) is 0 Å². The van der Waals surface area contributed by atoms with Gasteiger partial charge in [0, 0.05) is 19.0 Å². The fourth-order valence-corrected chi connectivity index (χ4v) is 3.07. The molecule has 23 heavy (non-hydrogen) atoms. The SMILES string of the molecule is C[C@@H]1C[C@@]1(C(=O)O)C(=O)N1CCC(C(=O)NCC(F)(F)F)CC1. The highest BCUT2D eigenvalue weighted by Crippen LogP contribution is 2.54. The van der Waals surface area contributed by atoms with E-state index < -0.39 is 41.8 Å². The number of carboxylic acids is 1. The number of carboxylic acid groups (broad SMARTS) is 1. The second kappa shape index (κ2) is 6.01. The summed E-state index contributed by atoms with van der Waals surface area (Å²) in [6, 6.07) is 0. The summed E-state index contributed by atoms with van der Waals surface area (Å²) in [4.78, 5) is 36.8. The number of carbonyl (C=O) groups is 3. The minimum absolute atomic E-state index is 0.185. The normalized spacial score (nSPS) is 28.3. The van der Waals surface area contributed by atoms with Gasteiger partial charge in [-0.2, -0.15) is 13.2 Å². The minimum Gasteiger partial charge on any atom is -0.480 e. The Labute approximate surface area is 131 Å². The third-order valence-electron chi connectivity index (χ3n) is 4.69. The lowest BCUT2D eigenvalue weighted by Gasteiger charge is -2.33. The Morgan fingerprint density at radius 1 is 1.26 bits per heavy atom. The molecule has 0 radical (unpaired) electrons. The molecule has 2 amide bonds. The van der Waals surface area contributed by atoms with Crippen molar-refractivity contribution in [2.24, 2.45) is 17.3 Å². The standard InChI is InChI=1S/C14H19F3N2O4/c1-8-6-13(8,12(22)23)11(21)19-4-2-9(3-5-19)10(20)18-7-14(15,16)17/h8-9H,2-7H2,1H3,(H,18,20)(H,22,23)/t8-,13+/m1/s1. The van der Waals surface area contributed by atoms with Crippen LogP contribution in [0.4, 0.5) is 13.2 Å². The highest BCUT2D eigenvalue weighted by atomic mass is 19.4. The van der Waals surface area contributed by atoms with Gasteiger partial charge < -0.3 is 15.3 Å². The minimum atomic E-state index is -4.46. The quantitative estimate of drug-likeness (QED) is 0.750. The number of hydrogen-bond donors (Lipinski definition) is 2. The predicted molar refractivity (Wildman–Crippen MR) is 72.2 cm³/mol. The number of halogens is 3. The molecule has 0 unspecified atom stereocenters. The highest BCUT2D eigenvalue weighted by Gasteiger charge is 2.65. The van der Waals surface area contributed by atoms with Crippen molar-refractivity contribution in [3.8, 4) is 0 Å². The smallest absolute Gasteiger partial charge is 0.405 e. The number of carbonyl (C=O) groups excluding carboxylic acids is 2. The van der Waals surface area contributed by atoms with Crippen molar-refractivity contribution >= 4 is 17.8 Å². The van der Waals surface area contributed by atoms with Crippen LogP contribution in [0.2, 0.25) is 0 Å². The molecular weight excluding hydrogens is 317 g/mol. The molecule has 1 saturated carbocycles. The zero-order chi connectivity index (χ0) is 17.4. The first-order valence-electron chi connectivity index (χ1n) is 7.45. The Morgan fingerprint density at radius 3 is 2.17 bits per heavy atom. The van der Waals surface area contributed by atoms with E-state index in [4.69, 9.17) is 0 Å². The average Bonchev–Trinajstić information content (AvgIpc) is 3.16. The maximum absolute atomic E-state index is 12.4. The third-order valence-corrected chi connectivity index (χ3v) is 4.69. The molecule has 6 nitrogen and oxygen atoms in total. The fourth-order valence-electron chi connectivity index (χ4n) is 3.07. The van der Waals surface area contributed by atoms with Crippen LogP contribution >= 0.6 is 0 Å². The Hall–Kier alpha value is -1.80. The van der Waals surface area contributed by atoms with Gasteiger partial charge in [0.1, 0.15) is 12.0 Å². The molecule has 1 aliphatic carbocycles. The van der Waals surface area contributed by atoms with E-state index in [9.17, 15) is 32.7 Å². The fraction of sp³-hybridized carbons (Fsp3) is 0.786. The van der Waals surface area contributed by atoms with Crippen LogP contribution in [0.25, 0.3) is 0 Å². The number of alkyl halides is 3. The highest BCUT2D eigenvalue weighted by molar-refractivity contribution is 6.05. The van der Waals surface area contributed by atoms with Gasteiger partial charge in [-0.15, -0.1) is 0 Å². The first-order valence-corrected chi connectivity index (χ1v) is 7.45. The molecule has 1 aliphatic heterocycles. The summed E-state index contributed by atoms with van der Waals surface area (Å²) in [7, 11) is 0. The molecule has 130 valence electrons. The molecule has 0 aromatic rings. The second-order valence-corrected chi connectivity index (χ2v) is 6.28. The Balaban J connectivity index is 1.86. The Kier molecular flexibility index (Phi) is 4.59. The van der Waals surface area contributed by atoms with Crippen molar-refractivity contribution in [1.29, 1.82) is 0 Å². The van der Waals surface area contributed by atoms with E-state index in [1.54, 1.807) is 6.92 Å². The van der Waals surface area contributed by atoms with Crippen LogP contribution in [0.15, 0.2) is 0 Å². The topological polar surface area (TPSA) is 86.7 Å². The molecular formula is C14H19F3N2O4. The molecule has 2 fully saturated rings. The molecule has 0 spiro atoms. The van der Waals surface area contributed by atoms with Crippen LogP contribution in [-0.4, -0.2) is 53.6 Å². The van der Waals surface area contributed by atoms with E-state index in [2.05, 4.69) is 0 Å². The number of aliphatic carboxylic acids is 1. The van der Waals surface area contributed by atoms with Crippen molar-refractivity contribution in [2.75, 3.05) is 19.6 Å². The first kappa shape index (κ1) is 17.6. The Morgan fingerprint density at radius 2 is 1.78 bits per heavy atom. The molecule has 0 aromatic carbocycles. The van der Waals surface area contributed by atoms with Crippen molar-refractivity contribution in [2.45, 2.75) is 32.4 Å². The Bertz CT molecular complexity index is 515. The zero-order valence-electron chi connectivity index (χ0n) is 12.7. The van der Waals surface area contributed by atoms with Gasteiger partial charge in [0.05, 0.1) is 0 Å². The van der Waals surface area contributed by atoms with E-state index in [-0.39, 0.29) is 31.8 Å². The lowest BCUT2D eigenvalue weighted by Crippen LogP contribution is -2.48. The molecule has 1 heterocycles. The van der Waals surface area contributed by atoms with Gasteiger partial charge in [-0.1, -0.05) is 6.92 Å². The van der Waals surface area contributed by atoms with Crippen LogP contribution < -0.4 is 5.32 Å². The molecule has 2 rings (SSSR count). The number of nitrogens with zero attached hydrogens (tertiary/aromatic N) is 1. The van der Waals surface area contributed by atoms with Gasteiger partial charge >= 0.3 is 12.1 Å². The molecule has 2 N–H and O–H groups in total. The second-order valence-electron chi connectivity index (χ2n) is 6.28. The van der Waals surface area contributed by atoms with E-state index in [1.165, 1.54) is 4.90 Å². The molecule has 1 saturated heterocycles. The van der Waals surface area contributed by atoms with E-state index in [1.807, 2.05) is 5.32 Å². The summed E-state index contributed by atoms with van der Waals surface area (Å²) in [6.07, 6.45) is -3.69. The van der Waals surface area contributed by atoms with Crippen LogP contribution in [0.5, 0.6) is 0 Å². The van der Waals surface area contributed by atoms with Gasteiger partial charge in [0.2, 0.25) is 11.8 Å². The monoisotopic (exact) mass is 336 g/mol. The van der Waals surface area contributed by atoms with Crippen molar-refractivity contribution in [3.63, 3.8) is 0 Å². The van der Waals surface area contributed by atoms with Gasteiger partial charge in [-0.3, -0.25) is 14.4 Å². The van der Waals surface area contributed by atoms with Crippen LogP contribution in [0, 0.1) is 17.3 Å². The number of piperidine rings is 1. The van der Waals surface area contributed by atoms with Gasteiger partial charge in [-0.05, 0) is 25.2 Å². The summed E-state index contributed by atoms with van der Waals surface area (Å²) in [5, 5.41) is 11.1. The maximum atomic E-state index is 12.4. The summed E-state index contributed by atoms with van der Waals surface area (Å²) in [6.45, 7) is 0.698. The summed E-state index contributed by atoms with van der Waals surface area (Å²) < 4.78 is 36.2. The molecule has 0 aromatic heterocycles. The number of nitrogens with one attached hydrogen (secondary N) is 1. The van der Waals surface area contributed by atoms with Gasteiger partial charge in [0.25, 0.3) is 0 Å². The molecule has 2 aliphatic rings. The lowest BCUT2D eigenvalue weighted by molar-refractivity contribution is -0.155. The summed E-state index contributed by atoms with van der Waals surface area (Å²) in [5.74, 6) is -3.08. The van der Waals surface area contributed by atoms with Crippen molar-refractivity contribution < 1.29 is 32.7 Å². The van der Waals surface area contributed by atoms with Crippen LogP contribution in [0.3, 0.4) is 0 Å². The average molecular weight is 336 g/mol. The first-order chi connectivity index (χ1) is 10.6. The van der Waals surface area contributed by atoms with Crippen LogP contribution in [-0.2, 0) is 14.4 Å². The van der Waals surface area contributed by atoms with E-state index >= 15 is 0 Å². The molecule has 9 heteroatoms. The molecule has 0 bridgehead atoms. The summed E-state index contributed by atoms with van der Waals surface area (Å²) >= 11 is 0. The number of likely N-dealkylation sites (tertiary alicyclic amines) is 1. The predicted octanol–water partition coefficient (Wildman–Crippen LogP) is 1.01. The number of hydrogen-bond acceptors (Lipinski definition) is 3. The summed E-state index contributed by atoms with van der Waals surface area (Å²) in [5.41, 5.74) is -1.36. The lowest BCUT2D eigenvalue weighted by atomic mass is 9.93. The van der Waals surface area contributed by atoms with E-state index in [0.717, 1.165) is 0 Å². The van der Waals surface area contributed by atoms with E-state index in [0.29, 0.717) is 6.42 Å². The third kappa shape index (κ3) is 3.59. The number of amides is 2. The number of rotatable bonds is 4. The van der Waals surface area contributed by atoms with Gasteiger partial charge in [-0.25, -0.2) is 0 Å². The van der Waals surface area contributed by atoms with Crippen LogP contribution in [0.1, 0.15) is 26.2 Å². The van der Waals surface area contributed by atoms with Crippen molar-refractivity contribution in [3.05, 3.63) is 0 Å².